The maximum atomic E-state index is 11.7. The van der Waals surface area contributed by atoms with Crippen LogP contribution in [0.15, 0.2) is 30.3 Å². The first kappa shape index (κ1) is 17.5. The number of sulfone groups is 1. The van der Waals surface area contributed by atoms with Crippen molar-refractivity contribution in [2.24, 2.45) is 0 Å². The van der Waals surface area contributed by atoms with Gasteiger partial charge in [-0.05, 0) is 31.9 Å². The van der Waals surface area contributed by atoms with Gasteiger partial charge in [-0.2, -0.15) is 5.10 Å². The summed E-state index contributed by atoms with van der Waals surface area (Å²) in [6, 6.07) is 10.2. The zero-order chi connectivity index (χ0) is 17.2. The van der Waals surface area contributed by atoms with Crippen LogP contribution in [0.4, 0.5) is 0 Å². The summed E-state index contributed by atoms with van der Waals surface area (Å²) >= 11 is 6.46. The molecule has 2 heterocycles. The zero-order valence-corrected chi connectivity index (χ0v) is 15.3. The summed E-state index contributed by atoms with van der Waals surface area (Å²) in [7, 11) is -2.95. The van der Waals surface area contributed by atoms with E-state index in [4.69, 9.17) is 11.6 Å². The topological polar surface area (TPSA) is 64.0 Å². The predicted molar refractivity (Wildman–Crippen MR) is 96.1 cm³/mol. The fourth-order valence-electron chi connectivity index (χ4n) is 3.06. The molecule has 7 heteroatoms. The number of nitrogens with one attached hydrogen (secondary N) is 1. The molecule has 0 aliphatic carbocycles. The Hall–Kier alpha value is -1.37. The summed E-state index contributed by atoms with van der Waals surface area (Å²) in [6.45, 7) is 3.40. The van der Waals surface area contributed by atoms with Gasteiger partial charge in [0.15, 0.2) is 9.84 Å². The summed E-state index contributed by atoms with van der Waals surface area (Å²) in [6.07, 6.45) is 1.54. The second-order valence-corrected chi connectivity index (χ2v) is 8.86. The van der Waals surface area contributed by atoms with Crippen molar-refractivity contribution in [1.82, 2.24) is 15.1 Å². The number of rotatable bonds is 6. The van der Waals surface area contributed by atoms with E-state index < -0.39 is 9.84 Å². The van der Waals surface area contributed by atoms with Crippen LogP contribution >= 0.6 is 11.6 Å². The van der Waals surface area contributed by atoms with Crippen LogP contribution in [0.3, 0.4) is 0 Å². The molecule has 1 aromatic heterocycles. The van der Waals surface area contributed by atoms with E-state index in [9.17, 15) is 8.42 Å². The summed E-state index contributed by atoms with van der Waals surface area (Å²) in [4.78, 5) is 0. The van der Waals surface area contributed by atoms with Gasteiger partial charge in [0.2, 0.25) is 0 Å². The number of hydrogen-bond acceptors (Lipinski definition) is 4. The van der Waals surface area contributed by atoms with Gasteiger partial charge in [-0.3, -0.25) is 0 Å². The van der Waals surface area contributed by atoms with Crippen molar-refractivity contribution in [2.45, 2.75) is 32.4 Å². The number of halogens is 1. The largest absolute Gasteiger partial charge is 0.312 e. The van der Waals surface area contributed by atoms with E-state index in [-0.39, 0.29) is 17.5 Å². The average Bonchev–Trinajstić information content (AvgIpc) is 3.05. The van der Waals surface area contributed by atoms with Crippen LogP contribution in [0.2, 0.25) is 5.15 Å². The van der Waals surface area contributed by atoms with Crippen LogP contribution in [0.5, 0.6) is 0 Å². The molecule has 1 saturated heterocycles. The number of benzene rings is 1. The van der Waals surface area contributed by atoms with Crippen molar-refractivity contribution < 1.29 is 8.42 Å². The van der Waals surface area contributed by atoms with Gasteiger partial charge < -0.3 is 5.32 Å². The van der Waals surface area contributed by atoms with Gasteiger partial charge in [0, 0.05) is 12.1 Å². The lowest BCUT2D eigenvalue weighted by atomic mass is 10.1. The highest BCUT2D eigenvalue weighted by Crippen LogP contribution is 2.29. The fourth-order valence-corrected chi connectivity index (χ4v) is 5.13. The summed E-state index contributed by atoms with van der Waals surface area (Å²) < 4.78 is 25.0. The zero-order valence-electron chi connectivity index (χ0n) is 13.7. The molecule has 130 valence electrons. The highest BCUT2D eigenvalue weighted by atomic mass is 35.5. The lowest BCUT2D eigenvalue weighted by Gasteiger charge is -2.10. The molecular formula is C17H22ClN3O2S. The second-order valence-electron chi connectivity index (χ2n) is 6.27. The molecule has 1 N–H and O–H groups in total. The van der Waals surface area contributed by atoms with E-state index in [1.165, 1.54) is 5.56 Å². The molecule has 3 rings (SSSR count). The molecule has 0 saturated carbocycles. The Kier molecular flexibility index (Phi) is 5.27. The second kappa shape index (κ2) is 7.25. The van der Waals surface area contributed by atoms with Gasteiger partial charge in [0.25, 0.3) is 0 Å². The summed E-state index contributed by atoms with van der Waals surface area (Å²) in [5, 5.41) is 8.43. The molecule has 24 heavy (non-hydrogen) atoms. The van der Waals surface area contributed by atoms with E-state index in [0.29, 0.717) is 18.1 Å². The molecule has 1 aromatic carbocycles. The standard InChI is InChI=1S/C17H22ClN3O2S/c1-13-16(11-19-9-7-14-5-3-2-4-6-14)17(18)21(20-13)15-8-10-24(22,23)12-15/h2-6,15,19H,7-12H2,1H3. The quantitative estimate of drug-likeness (QED) is 0.797. The van der Waals surface area contributed by atoms with Crippen molar-refractivity contribution in [1.29, 1.82) is 0 Å². The van der Waals surface area contributed by atoms with Crippen molar-refractivity contribution in [3.8, 4) is 0 Å². The lowest BCUT2D eigenvalue weighted by Crippen LogP contribution is -2.17. The van der Waals surface area contributed by atoms with Crippen molar-refractivity contribution >= 4 is 21.4 Å². The normalized spacial score (nSPS) is 19.7. The van der Waals surface area contributed by atoms with E-state index >= 15 is 0 Å². The van der Waals surface area contributed by atoms with E-state index in [2.05, 4.69) is 22.5 Å². The molecular weight excluding hydrogens is 346 g/mol. The Bertz CT molecular complexity index is 803. The Labute approximate surface area is 147 Å². The third-order valence-corrected chi connectivity index (χ3v) is 6.59. The van der Waals surface area contributed by atoms with Gasteiger partial charge >= 0.3 is 0 Å². The molecule has 1 atom stereocenters. The SMILES string of the molecule is Cc1nn(C2CCS(=O)(=O)C2)c(Cl)c1CNCCc1ccccc1. The number of aromatic nitrogens is 2. The van der Waals surface area contributed by atoms with Gasteiger partial charge in [0.1, 0.15) is 5.15 Å². The first-order valence-corrected chi connectivity index (χ1v) is 10.3. The predicted octanol–water partition coefficient (Wildman–Crippen LogP) is 2.54. The van der Waals surface area contributed by atoms with Crippen LogP contribution in [0, 0.1) is 6.92 Å². The number of nitrogens with zero attached hydrogens (tertiary/aromatic N) is 2. The Morgan fingerprint density at radius 3 is 2.75 bits per heavy atom. The lowest BCUT2D eigenvalue weighted by molar-refractivity contribution is 0.497. The van der Waals surface area contributed by atoms with Gasteiger partial charge in [0.05, 0.1) is 23.2 Å². The molecule has 1 unspecified atom stereocenters. The molecule has 0 radical (unpaired) electrons. The van der Waals surface area contributed by atoms with Crippen LogP contribution in [-0.2, 0) is 22.8 Å². The van der Waals surface area contributed by atoms with Crippen LogP contribution in [0.25, 0.3) is 0 Å². The summed E-state index contributed by atoms with van der Waals surface area (Å²) in [5.74, 6) is 0.353. The molecule has 0 spiro atoms. The highest BCUT2D eigenvalue weighted by Gasteiger charge is 2.31. The molecule has 1 fully saturated rings. The minimum Gasteiger partial charge on any atom is -0.312 e. The molecule has 1 aliphatic rings. The minimum absolute atomic E-state index is 0.134. The number of aryl methyl sites for hydroxylation is 1. The van der Waals surface area contributed by atoms with E-state index in [1.807, 2.05) is 25.1 Å². The van der Waals surface area contributed by atoms with Crippen LogP contribution in [0.1, 0.15) is 29.3 Å². The molecule has 5 nitrogen and oxygen atoms in total. The van der Waals surface area contributed by atoms with Crippen molar-refractivity contribution in [3.05, 3.63) is 52.3 Å². The Balaban J connectivity index is 1.60. The Morgan fingerprint density at radius 1 is 1.33 bits per heavy atom. The van der Waals surface area contributed by atoms with Gasteiger partial charge in [-0.1, -0.05) is 41.9 Å². The van der Waals surface area contributed by atoms with Crippen LogP contribution in [-0.4, -0.2) is 36.2 Å². The Morgan fingerprint density at radius 2 is 2.08 bits per heavy atom. The van der Waals surface area contributed by atoms with Crippen LogP contribution < -0.4 is 5.32 Å². The smallest absolute Gasteiger partial charge is 0.152 e. The highest BCUT2D eigenvalue weighted by molar-refractivity contribution is 7.91. The van der Waals surface area contributed by atoms with Crippen molar-refractivity contribution in [2.75, 3.05) is 18.1 Å². The van der Waals surface area contributed by atoms with Crippen molar-refractivity contribution in [3.63, 3.8) is 0 Å². The minimum atomic E-state index is -2.95. The van der Waals surface area contributed by atoms with Gasteiger partial charge in [-0.15, -0.1) is 0 Å². The summed E-state index contributed by atoms with van der Waals surface area (Å²) in [5.41, 5.74) is 3.10. The molecule has 0 amide bonds. The molecule has 1 aliphatic heterocycles. The number of hydrogen-bond donors (Lipinski definition) is 1. The van der Waals surface area contributed by atoms with E-state index in [1.54, 1.807) is 4.68 Å². The molecule has 0 bridgehead atoms. The first-order valence-electron chi connectivity index (χ1n) is 8.15. The first-order chi connectivity index (χ1) is 11.5. The van der Waals surface area contributed by atoms with E-state index in [0.717, 1.165) is 24.2 Å². The van der Waals surface area contributed by atoms with Gasteiger partial charge in [-0.25, -0.2) is 13.1 Å². The fraction of sp³-hybridized carbons (Fsp3) is 0.471. The maximum absolute atomic E-state index is 11.7. The molecule has 2 aromatic rings. The maximum Gasteiger partial charge on any atom is 0.152 e. The third kappa shape index (κ3) is 3.99. The average molecular weight is 368 g/mol. The monoisotopic (exact) mass is 367 g/mol. The third-order valence-electron chi connectivity index (χ3n) is 4.43.